The Kier molecular flexibility index (Phi) is 4.23. The molecule has 1 N–H and O–H groups in total. The minimum Gasteiger partial charge on any atom is -0.496 e. The maximum atomic E-state index is 13.3. The Bertz CT molecular complexity index is 847. The maximum Gasteiger partial charge on any atom is 0.258 e. The molecule has 4 heteroatoms. The van der Waals surface area contributed by atoms with Crippen molar-refractivity contribution in [3.63, 3.8) is 0 Å². The second kappa shape index (κ2) is 6.44. The van der Waals surface area contributed by atoms with E-state index in [1.54, 1.807) is 7.11 Å². The fourth-order valence-corrected chi connectivity index (χ4v) is 4.34. The summed E-state index contributed by atoms with van der Waals surface area (Å²) in [7, 11) is 1.62. The molecule has 1 atom stereocenters. The number of rotatable bonds is 3. The molecular weight excluding hydrogens is 326 g/mol. The van der Waals surface area contributed by atoms with Crippen LogP contribution in [0.4, 0.5) is 0 Å². The van der Waals surface area contributed by atoms with Crippen molar-refractivity contribution < 1.29 is 14.6 Å². The number of benzene rings is 2. The molecule has 0 radical (unpaired) electrons. The molecule has 4 nitrogen and oxygen atoms in total. The van der Waals surface area contributed by atoms with Gasteiger partial charge in [-0.2, -0.15) is 0 Å². The van der Waals surface area contributed by atoms with Crippen molar-refractivity contribution >= 4 is 5.91 Å². The van der Waals surface area contributed by atoms with Crippen LogP contribution in [0.5, 0.6) is 5.75 Å². The van der Waals surface area contributed by atoms with Crippen molar-refractivity contribution in [1.29, 1.82) is 0 Å². The second-order valence-electron chi connectivity index (χ2n) is 7.58. The topological polar surface area (TPSA) is 49.8 Å². The van der Waals surface area contributed by atoms with E-state index in [4.69, 9.17) is 4.74 Å². The number of aliphatic hydroxyl groups is 1. The molecule has 136 valence electrons. The first-order chi connectivity index (χ1) is 12.5. The van der Waals surface area contributed by atoms with Crippen LogP contribution in [0.1, 0.15) is 70.5 Å². The van der Waals surface area contributed by atoms with Crippen molar-refractivity contribution in [1.82, 2.24) is 4.90 Å². The molecule has 26 heavy (non-hydrogen) atoms. The minimum atomic E-state index is -0.462. The van der Waals surface area contributed by atoms with Gasteiger partial charge in [0.2, 0.25) is 0 Å². The van der Waals surface area contributed by atoms with Gasteiger partial charge in [0, 0.05) is 18.7 Å². The van der Waals surface area contributed by atoms with Crippen molar-refractivity contribution in [2.75, 3.05) is 7.11 Å². The summed E-state index contributed by atoms with van der Waals surface area (Å²) in [5.74, 6) is 0.885. The molecule has 0 fully saturated rings. The molecule has 1 aliphatic carbocycles. The smallest absolute Gasteiger partial charge is 0.258 e. The molecule has 0 bridgehead atoms. The van der Waals surface area contributed by atoms with Crippen molar-refractivity contribution in [2.45, 2.75) is 51.8 Å². The lowest BCUT2D eigenvalue weighted by atomic mass is 9.90. The maximum absolute atomic E-state index is 13.3. The number of methoxy groups -OCH3 is 1. The highest BCUT2D eigenvalue weighted by atomic mass is 16.5. The first-order valence-corrected chi connectivity index (χ1v) is 9.29. The Hall–Kier alpha value is -2.33. The van der Waals surface area contributed by atoms with Crippen molar-refractivity contribution in [3.8, 4) is 5.75 Å². The van der Waals surface area contributed by atoms with E-state index in [1.165, 1.54) is 11.1 Å². The van der Waals surface area contributed by atoms with Crippen LogP contribution in [0, 0.1) is 0 Å². The first-order valence-electron chi connectivity index (χ1n) is 9.29. The minimum absolute atomic E-state index is 0.00383. The summed E-state index contributed by atoms with van der Waals surface area (Å²) < 4.78 is 5.67. The zero-order chi connectivity index (χ0) is 18.4. The molecule has 1 aliphatic heterocycles. The molecule has 0 saturated carbocycles. The average molecular weight is 351 g/mol. The third-order valence-electron chi connectivity index (χ3n) is 5.64. The van der Waals surface area contributed by atoms with Gasteiger partial charge in [-0.3, -0.25) is 4.79 Å². The van der Waals surface area contributed by atoms with Gasteiger partial charge in [0.15, 0.2) is 0 Å². The fourth-order valence-electron chi connectivity index (χ4n) is 4.34. The standard InChI is InChI=1S/C22H25NO3/c1-13(2)17-10-18(21(26-3)16-8-9-19(24)20(16)17)22(25)23-11-14-6-4-5-7-15(14)12-23/h4-7,10,13,19,24H,8-9,11-12H2,1-3H3. The number of carbonyl (C=O) groups excluding carboxylic acids is 1. The van der Waals surface area contributed by atoms with Gasteiger partial charge < -0.3 is 14.7 Å². The Morgan fingerprint density at radius 2 is 1.88 bits per heavy atom. The summed E-state index contributed by atoms with van der Waals surface area (Å²) in [5, 5.41) is 10.4. The van der Waals surface area contributed by atoms with Crippen LogP contribution in [-0.2, 0) is 19.5 Å². The number of hydrogen-bond donors (Lipinski definition) is 1. The molecule has 1 heterocycles. The molecule has 0 aromatic heterocycles. The average Bonchev–Trinajstić information content (AvgIpc) is 3.23. The highest BCUT2D eigenvalue weighted by Gasteiger charge is 2.33. The largest absolute Gasteiger partial charge is 0.496 e. The lowest BCUT2D eigenvalue weighted by Crippen LogP contribution is -2.26. The number of ether oxygens (including phenoxy) is 1. The Balaban J connectivity index is 1.77. The lowest BCUT2D eigenvalue weighted by molar-refractivity contribution is 0.0747. The summed E-state index contributed by atoms with van der Waals surface area (Å²) in [5.41, 5.74) is 6.08. The number of hydrogen-bond acceptors (Lipinski definition) is 3. The van der Waals surface area contributed by atoms with Crippen LogP contribution in [0.2, 0.25) is 0 Å². The zero-order valence-electron chi connectivity index (χ0n) is 15.6. The van der Waals surface area contributed by atoms with Crippen LogP contribution < -0.4 is 4.74 Å². The van der Waals surface area contributed by atoms with E-state index in [1.807, 2.05) is 23.1 Å². The third kappa shape index (κ3) is 2.60. The fraction of sp³-hybridized carbons (Fsp3) is 0.409. The van der Waals surface area contributed by atoms with Crippen LogP contribution in [-0.4, -0.2) is 23.0 Å². The van der Waals surface area contributed by atoms with E-state index >= 15 is 0 Å². The van der Waals surface area contributed by atoms with Gasteiger partial charge in [-0.1, -0.05) is 38.1 Å². The van der Waals surface area contributed by atoms with Gasteiger partial charge in [-0.15, -0.1) is 0 Å². The molecule has 4 rings (SSSR count). The van der Waals surface area contributed by atoms with E-state index in [2.05, 4.69) is 26.0 Å². The van der Waals surface area contributed by atoms with Gasteiger partial charge in [0.05, 0.1) is 18.8 Å². The molecule has 0 saturated heterocycles. The van der Waals surface area contributed by atoms with Gasteiger partial charge in [-0.05, 0) is 47.1 Å². The van der Waals surface area contributed by atoms with E-state index in [9.17, 15) is 9.90 Å². The molecule has 2 aliphatic rings. The summed E-state index contributed by atoms with van der Waals surface area (Å²) in [6, 6.07) is 10.1. The molecular formula is C22H25NO3. The Labute approximate surface area is 154 Å². The van der Waals surface area contributed by atoms with Crippen LogP contribution >= 0.6 is 0 Å². The third-order valence-corrected chi connectivity index (χ3v) is 5.64. The van der Waals surface area contributed by atoms with E-state index < -0.39 is 6.10 Å². The van der Waals surface area contributed by atoms with Crippen molar-refractivity contribution in [3.05, 3.63) is 63.7 Å². The predicted molar refractivity (Wildman–Crippen MR) is 100 cm³/mol. The summed E-state index contributed by atoms with van der Waals surface area (Å²) >= 11 is 0. The quantitative estimate of drug-likeness (QED) is 0.911. The van der Waals surface area contributed by atoms with E-state index in [0.717, 1.165) is 23.1 Å². The number of carbonyl (C=O) groups is 1. The number of amides is 1. The van der Waals surface area contributed by atoms with E-state index in [0.29, 0.717) is 30.8 Å². The highest BCUT2D eigenvalue weighted by molar-refractivity contribution is 5.98. The highest BCUT2D eigenvalue weighted by Crippen LogP contribution is 2.44. The molecule has 2 aromatic carbocycles. The lowest BCUT2D eigenvalue weighted by Gasteiger charge is -2.23. The summed E-state index contributed by atoms with van der Waals surface area (Å²) in [4.78, 5) is 15.2. The Morgan fingerprint density at radius 3 is 2.46 bits per heavy atom. The summed E-state index contributed by atoms with van der Waals surface area (Å²) in [6.07, 6.45) is 0.982. The normalized spacial score (nSPS) is 18.2. The molecule has 0 spiro atoms. The molecule has 1 unspecified atom stereocenters. The zero-order valence-corrected chi connectivity index (χ0v) is 15.6. The number of aliphatic hydroxyl groups excluding tert-OH is 1. The number of fused-ring (bicyclic) bond motifs is 2. The van der Waals surface area contributed by atoms with Crippen LogP contribution in [0.15, 0.2) is 30.3 Å². The summed E-state index contributed by atoms with van der Waals surface area (Å²) in [6.45, 7) is 5.48. The molecule has 1 amide bonds. The van der Waals surface area contributed by atoms with E-state index in [-0.39, 0.29) is 11.8 Å². The Morgan fingerprint density at radius 1 is 1.23 bits per heavy atom. The predicted octanol–water partition coefficient (Wildman–Crippen LogP) is 3.95. The van der Waals surface area contributed by atoms with Gasteiger partial charge in [0.1, 0.15) is 5.75 Å². The van der Waals surface area contributed by atoms with Gasteiger partial charge in [-0.25, -0.2) is 0 Å². The second-order valence-corrected chi connectivity index (χ2v) is 7.58. The SMILES string of the molecule is COc1c(C(=O)N2Cc3ccccc3C2)cc(C(C)C)c2c1CCC2O. The molecule has 2 aromatic rings. The van der Waals surface area contributed by atoms with Crippen LogP contribution in [0.3, 0.4) is 0 Å². The van der Waals surface area contributed by atoms with Gasteiger partial charge in [0.25, 0.3) is 5.91 Å². The van der Waals surface area contributed by atoms with Crippen molar-refractivity contribution in [2.24, 2.45) is 0 Å². The number of nitrogens with zero attached hydrogens (tertiary/aromatic N) is 1. The van der Waals surface area contributed by atoms with Gasteiger partial charge >= 0.3 is 0 Å². The van der Waals surface area contributed by atoms with Crippen LogP contribution in [0.25, 0.3) is 0 Å². The monoisotopic (exact) mass is 351 g/mol. The first kappa shape index (κ1) is 17.1.